The number of hydrogen-bond acceptors (Lipinski definition) is 3. The van der Waals surface area contributed by atoms with Crippen molar-refractivity contribution in [2.24, 2.45) is 0 Å². The summed E-state index contributed by atoms with van der Waals surface area (Å²) in [4.78, 5) is 1.35. The predicted octanol–water partition coefficient (Wildman–Crippen LogP) is 2.87. The quantitative estimate of drug-likeness (QED) is 0.845. The van der Waals surface area contributed by atoms with E-state index in [9.17, 15) is 0 Å². The van der Waals surface area contributed by atoms with E-state index in [2.05, 4.69) is 37.1 Å². The van der Waals surface area contributed by atoms with Crippen molar-refractivity contribution in [2.75, 3.05) is 11.5 Å². The summed E-state index contributed by atoms with van der Waals surface area (Å²) in [5, 5.41) is 4.17. The van der Waals surface area contributed by atoms with Crippen molar-refractivity contribution in [3.8, 4) is 0 Å². The van der Waals surface area contributed by atoms with E-state index in [1.807, 2.05) is 22.6 Å². The standard InChI is InChI=1S/C13H17N3S/c1-10-3-4-11(2)13(7-10)17-6-5-16-9-12(14)8-15-16/h3-4,7-9H,5-6,14H2,1-2H3. The maximum Gasteiger partial charge on any atom is 0.0719 e. The molecule has 1 heterocycles. The van der Waals surface area contributed by atoms with Gasteiger partial charge in [-0.3, -0.25) is 4.68 Å². The van der Waals surface area contributed by atoms with Crippen LogP contribution >= 0.6 is 11.8 Å². The van der Waals surface area contributed by atoms with Crippen LogP contribution in [0.4, 0.5) is 5.69 Å². The van der Waals surface area contributed by atoms with Crippen molar-refractivity contribution in [2.45, 2.75) is 25.3 Å². The molecule has 0 spiro atoms. The third-order valence-electron chi connectivity index (χ3n) is 2.57. The van der Waals surface area contributed by atoms with Crippen molar-refractivity contribution >= 4 is 17.4 Å². The molecule has 4 heteroatoms. The average Bonchev–Trinajstić information content (AvgIpc) is 2.69. The van der Waals surface area contributed by atoms with Gasteiger partial charge in [0.1, 0.15) is 0 Å². The number of nitrogens with zero attached hydrogens (tertiary/aromatic N) is 2. The zero-order valence-corrected chi connectivity index (χ0v) is 11.0. The molecule has 17 heavy (non-hydrogen) atoms. The molecular weight excluding hydrogens is 230 g/mol. The Morgan fingerprint density at radius 3 is 2.88 bits per heavy atom. The van der Waals surface area contributed by atoms with Crippen LogP contribution in [0.2, 0.25) is 0 Å². The summed E-state index contributed by atoms with van der Waals surface area (Å²) in [5.74, 6) is 1.01. The van der Waals surface area contributed by atoms with Gasteiger partial charge in [0, 0.05) is 16.8 Å². The van der Waals surface area contributed by atoms with Gasteiger partial charge >= 0.3 is 0 Å². The van der Waals surface area contributed by atoms with E-state index < -0.39 is 0 Å². The van der Waals surface area contributed by atoms with Crippen molar-refractivity contribution in [1.29, 1.82) is 0 Å². The second-order valence-electron chi connectivity index (χ2n) is 4.15. The van der Waals surface area contributed by atoms with Crippen molar-refractivity contribution in [3.63, 3.8) is 0 Å². The number of benzene rings is 1. The maximum atomic E-state index is 5.62. The molecule has 0 saturated heterocycles. The summed E-state index contributed by atoms with van der Waals surface area (Å²) in [6.45, 7) is 5.15. The molecule has 1 aromatic heterocycles. The van der Waals surface area contributed by atoms with Crippen LogP contribution in [-0.2, 0) is 6.54 Å². The van der Waals surface area contributed by atoms with Crippen LogP contribution in [0.3, 0.4) is 0 Å². The van der Waals surface area contributed by atoms with E-state index in [1.54, 1.807) is 6.20 Å². The number of thioether (sulfide) groups is 1. The molecule has 0 atom stereocenters. The minimum Gasteiger partial charge on any atom is -0.396 e. The SMILES string of the molecule is Cc1ccc(C)c(SCCn2cc(N)cn2)c1. The fraction of sp³-hybridized carbons (Fsp3) is 0.308. The minimum absolute atomic E-state index is 0.724. The second-order valence-corrected chi connectivity index (χ2v) is 5.29. The van der Waals surface area contributed by atoms with Gasteiger partial charge in [-0.15, -0.1) is 11.8 Å². The molecule has 1 aromatic carbocycles. The third kappa shape index (κ3) is 3.27. The second kappa shape index (κ2) is 5.27. The van der Waals surface area contributed by atoms with Gasteiger partial charge in [0.25, 0.3) is 0 Å². The van der Waals surface area contributed by atoms with Gasteiger partial charge in [-0.25, -0.2) is 0 Å². The first-order valence-electron chi connectivity index (χ1n) is 5.63. The normalized spacial score (nSPS) is 10.7. The Morgan fingerprint density at radius 2 is 2.18 bits per heavy atom. The largest absolute Gasteiger partial charge is 0.396 e. The molecule has 3 nitrogen and oxygen atoms in total. The van der Waals surface area contributed by atoms with E-state index in [0.29, 0.717) is 0 Å². The Labute approximate surface area is 106 Å². The molecule has 0 aliphatic carbocycles. The molecule has 0 fully saturated rings. The van der Waals surface area contributed by atoms with Crippen LogP contribution in [0, 0.1) is 13.8 Å². The summed E-state index contributed by atoms with van der Waals surface area (Å²) in [6.07, 6.45) is 3.55. The van der Waals surface area contributed by atoms with Gasteiger partial charge < -0.3 is 5.73 Å². The molecule has 0 aliphatic heterocycles. The van der Waals surface area contributed by atoms with Crippen LogP contribution in [0.5, 0.6) is 0 Å². The number of aromatic nitrogens is 2. The molecular formula is C13H17N3S. The monoisotopic (exact) mass is 247 g/mol. The van der Waals surface area contributed by atoms with Crippen LogP contribution in [0.1, 0.15) is 11.1 Å². The van der Waals surface area contributed by atoms with Gasteiger partial charge in [-0.05, 0) is 25.5 Å². The van der Waals surface area contributed by atoms with Crippen molar-refractivity contribution in [3.05, 3.63) is 41.7 Å². The van der Waals surface area contributed by atoms with Gasteiger partial charge in [-0.1, -0.05) is 17.7 Å². The Bertz CT molecular complexity index is 505. The number of aryl methyl sites for hydroxylation is 3. The molecule has 0 aliphatic rings. The van der Waals surface area contributed by atoms with E-state index in [4.69, 9.17) is 5.73 Å². The molecule has 0 saturated carbocycles. The highest BCUT2D eigenvalue weighted by atomic mass is 32.2. The average molecular weight is 247 g/mol. The smallest absolute Gasteiger partial charge is 0.0719 e. The highest BCUT2D eigenvalue weighted by Gasteiger charge is 2.00. The highest BCUT2D eigenvalue weighted by molar-refractivity contribution is 7.99. The lowest BCUT2D eigenvalue weighted by Gasteiger charge is -2.06. The first-order chi connectivity index (χ1) is 8.15. The lowest BCUT2D eigenvalue weighted by molar-refractivity contribution is 0.666. The van der Waals surface area contributed by atoms with Gasteiger partial charge in [0.15, 0.2) is 0 Å². The Hall–Kier alpha value is -1.42. The van der Waals surface area contributed by atoms with E-state index in [-0.39, 0.29) is 0 Å². The summed E-state index contributed by atoms with van der Waals surface area (Å²) in [5.41, 5.74) is 8.98. The third-order valence-corrected chi connectivity index (χ3v) is 3.71. The number of nitrogens with two attached hydrogens (primary N) is 1. The topological polar surface area (TPSA) is 43.8 Å². The van der Waals surface area contributed by atoms with Crippen molar-refractivity contribution < 1.29 is 0 Å². The van der Waals surface area contributed by atoms with Gasteiger partial charge in [-0.2, -0.15) is 5.10 Å². The molecule has 2 rings (SSSR count). The van der Waals surface area contributed by atoms with E-state index in [0.717, 1.165) is 18.0 Å². The lowest BCUT2D eigenvalue weighted by Crippen LogP contribution is -2.00. The minimum atomic E-state index is 0.724. The molecule has 0 unspecified atom stereocenters. The molecule has 2 N–H and O–H groups in total. The zero-order valence-electron chi connectivity index (χ0n) is 10.2. The van der Waals surface area contributed by atoms with Crippen molar-refractivity contribution in [1.82, 2.24) is 9.78 Å². The zero-order chi connectivity index (χ0) is 12.3. The van der Waals surface area contributed by atoms with Gasteiger partial charge in [0.2, 0.25) is 0 Å². The maximum absolute atomic E-state index is 5.62. The lowest BCUT2D eigenvalue weighted by atomic mass is 10.2. The van der Waals surface area contributed by atoms with Gasteiger partial charge in [0.05, 0.1) is 18.4 Å². The Kier molecular flexibility index (Phi) is 3.74. The van der Waals surface area contributed by atoms with E-state index in [1.165, 1.54) is 16.0 Å². The first kappa shape index (κ1) is 12.0. The number of hydrogen-bond donors (Lipinski definition) is 1. The Balaban J connectivity index is 1.91. The van der Waals surface area contributed by atoms with Crippen LogP contribution in [0.25, 0.3) is 0 Å². The predicted molar refractivity (Wildman–Crippen MR) is 73.3 cm³/mol. The summed E-state index contributed by atoms with van der Waals surface area (Å²) >= 11 is 1.86. The molecule has 90 valence electrons. The molecule has 0 bridgehead atoms. The number of nitrogen functional groups attached to an aromatic ring is 1. The van der Waals surface area contributed by atoms with Crippen LogP contribution < -0.4 is 5.73 Å². The first-order valence-corrected chi connectivity index (χ1v) is 6.62. The van der Waals surface area contributed by atoms with Crippen LogP contribution in [-0.4, -0.2) is 15.5 Å². The number of rotatable bonds is 4. The number of anilines is 1. The molecule has 0 radical (unpaired) electrons. The summed E-state index contributed by atoms with van der Waals surface area (Å²) in [7, 11) is 0. The molecule has 0 amide bonds. The van der Waals surface area contributed by atoms with Crippen LogP contribution in [0.15, 0.2) is 35.5 Å². The molecule has 2 aromatic rings. The van der Waals surface area contributed by atoms with E-state index >= 15 is 0 Å². The fourth-order valence-electron chi connectivity index (χ4n) is 1.61. The summed E-state index contributed by atoms with van der Waals surface area (Å²) < 4.78 is 1.88. The highest BCUT2D eigenvalue weighted by Crippen LogP contribution is 2.23. The Morgan fingerprint density at radius 1 is 1.35 bits per heavy atom. The fourth-order valence-corrected chi connectivity index (χ4v) is 2.68. The summed E-state index contributed by atoms with van der Waals surface area (Å²) in [6, 6.07) is 6.55.